The molecule has 1 aromatic rings. The summed E-state index contributed by atoms with van der Waals surface area (Å²) in [4.78, 5) is 4.59. The topological polar surface area (TPSA) is 34.2 Å². The smallest absolute Gasteiger partial charge is 0.0943 e. The van der Waals surface area contributed by atoms with E-state index in [9.17, 15) is 0 Å². The fourth-order valence-corrected chi connectivity index (χ4v) is 3.50. The highest BCUT2D eigenvalue weighted by molar-refractivity contribution is 7.09. The van der Waals surface area contributed by atoms with Gasteiger partial charge in [0.15, 0.2) is 0 Å². The van der Waals surface area contributed by atoms with Crippen molar-refractivity contribution in [2.24, 2.45) is 5.92 Å². The summed E-state index contributed by atoms with van der Waals surface area (Å²) in [5.41, 5.74) is 1.14. The first-order valence-corrected chi connectivity index (χ1v) is 7.84. The number of nitrogens with zero attached hydrogens (tertiary/aromatic N) is 1. The zero-order valence-corrected chi connectivity index (χ0v) is 12.4. The van der Waals surface area contributed by atoms with Crippen molar-refractivity contribution in [3.63, 3.8) is 0 Å². The van der Waals surface area contributed by atoms with Crippen molar-refractivity contribution in [2.75, 3.05) is 13.2 Å². The van der Waals surface area contributed by atoms with E-state index in [1.807, 2.05) is 0 Å². The second kappa shape index (κ2) is 6.64. The molecule has 2 heterocycles. The van der Waals surface area contributed by atoms with E-state index in [0.717, 1.165) is 25.3 Å². The minimum atomic E-state index is 0.375. The Kier molecular flexibility index (Phi) is 5.15. The number of aromatic nitrogens is 1. The lowest BCUT2D eigenvalue weighted by Gasteiger charge is -2.26. The highest BCUT2D eigenvalue weighted by Crippen LogP contribution is 2.26. The van der Waals surface area contributed by atoms with E-state index in [1.165, 1.54) is 17.8 Å². The quantitative estimate of drug-likeness (QED) is 0.861. The summed E-state index contributed by atoms with van der Waals surface area (Å²) in [6, 6.07) is 0.507. The summed E-state index contributed by atoms with van der Waals surface area (Å²) >= 11 is 1.78. The molecule has 3 unspecified atom stereocenters. The van der Waals surface area contributed by atoms with E-state index in [2.05, 4.69) is 36.5 Å². The van der Waals surface area contributed by atoms with Crippen LogP contribution in [0.15, 0.2) is 5.38 Å². The molecule has 1 N–H and O–H groups in total. The average molecular weight is 268 g/mol. The van der Waals surface area contributed by atoms with Crippen LogP contribution >= 0.6 is 11.3 Å². The average Bonchev–Trinajstić information content (AvgIpc) is 2.93. The first-order valence-electron chi connectivity index (χ1n) is 6.96. The molecule has 1 fully saturated rings. The summed E-state index contributed by atoms with van der Waals surface area (Å²) in [6.45, 7) is 8.47. The van der Waals surface area contributed by atoms with Crippen LogP contribution in [0.5, 0.6) is 0 Å². The minimum absolute atomic E-state index is 0.375. The largest absolute Gasteiger partial charge is 0.378 e. The lowest BCUT2D eigenvalue weighted by Crippen LogP contribution is -2.41. The molecule has 102 valence electrons. The monoisotopic (exact) mass is 268 g/mol. The molecule has 0 spiro atoms. The third-order valence-corrected chi connectivity index (χ3v) is 4.66. The third-order valence-electron chi connectivity index (χ3n) is 3.67. The molecular formula is C14H24N2OS. The van der Waals surface area contributed by atoms with Crippen molar-refractivity contribution in [2.45, 2.75) is 52.2 Å². The Labute approximate surface area is 114 Å². The van der Waals surface area contributed by atoms with Gasteiger partial charge in [0.05, 0.1) is 11.1 Å². The molecule has 3 atom stereocenters. The summed E-state index contributed by atoms with van der Waals surface area (Å²) in [5.74, 6) is 0.626. The van der Waals surface area contributed by atoms with Crippen LogP contribution in [0.3, 0.4) is 0 Å². The number of rotatable bonds is 6. The standard InChI is InChI=1S/C14H24N2OS/c1-4-6-15-13(12-5-7-17-11(12)3)8-14-16-10(2)9-18-14/h9,11-13,15H,4-8H2,1-3H3. The van der Waals surface area contributed by atoms with Gasteiger partial charge in [-0.05, 0) is 33.2 Å². The summed E-state index contributed by atoms with van der Waals surface area (Å²) in [5, 5.41) is 7.08. The van der Waals surface area contributed by atoms with Gasteiger partial charge in [0.2, 0.25) is 0 Å². The van der Waals surface area contributed by atoms with Gasteiger partial charge in [0.1, 0.15) is 0 Å². The van der Waals surface area contributed by atoms with Gasteiger partial charge in [0, 0.05) is 36.1 Å². The van der Waals surface area contributed by atoms with Crippen LogP contribution in [0.2, 0.25) is 0 Å². The summed E-state index contributed by atoms with van der Waals surface area (Å²) in [6.07, 6.45) is 3.76. The molecule has 3 nitrogen and oxygen atoms in total. The highest BCUT2D eigenvalue weighted by atomic mass is 32.1. The van der Waals surface area contributed by atoms with Crippen molar-refractivity contribution in [3.8, 4) is 0 Å². The molecule has 0 bridgehead atoms. The SMILES string of the molecule is CCCNC(Cc1nc(C)cs1)C1CCOC1C. The van der Waals surface area contributed by atoms with Crippen molar-refractivity contribution in [1.82, 2.24) is 10.3 Å². The Morgan fingerprint density at radius 1 is 1.61 bits per heavy atom. The first-order chi connectivity index (χ1) is 8.70. The van der Waals surface area contributed by atoms with E-state index in [1.54, 1.807) is 11.3 Å². The molecular weight excluding hydrogens is 244 g/mol. The predicted molar refractivity (Wildman–Crippen MR) is 76.2 cm³/mol. The molecule has 0 aliphatic carbocycles. The van der Waals surface area contributed by atoms with Gasteiger partial charge in [-0.1, -0.05) is 6.92 Å². The van der Waals surface area contributed by atoms with Gasteiger partial charge >= 0.3 is 0 Å². The summed E-state index contributed by atoms with van der Waals surface area (Å²) in [7, 11) is 0. The Morgan fingerprint density at radius 3 is 3.00 bits per heavy atom. The van der Waals surface area contributed by atoms with Crippen LogP contribution < -0.4 is 5.32 Å². The number of aryl methyl sites for hydroxylation is 1. The van der Waals surface area contributed by atoms with E-state index in [4.69, 9.17) is 4.74 Å². The van der Waals surface area contributed by atoms with Gasteiger partial charge in [-0.25, -0.2) is 4.98 Å². The van der Waals surface area contributed by atoms with Crippen LogP contribution in [0.25, 0.3) is 0 Å². The molecule has 0 radical (unpaired) electrons. The molecule has 0 saturated carbocycles. The Balaban J connectivity index is 2.00. The molecule has 4 heteroatoms. The van der Waals surface area contributed by atoms with Crippen LogP contribution in [0.1, 0.15) is 37.4 Å². The highest BCUT2D eigenvalue weighted by Gasteiger charge is 2.31. The van der Waals surface area contributed by atoms with Crippen molar-refractivity contribution in [3.05, 3.63) is 16.1 Å². The number of hydrogen-bond acceptors (Lipinski definition) is 4. The predicted octanol–water partition coefficient (Wildman–Crippen LogP) is 2.79. The lowest BCUT2D eigenvalue weighted by atomic mass is 9.91. The second-order valence-corrected chi connectivity index (χ2v) is 6.12. The van der Waals surface area contributed by atoms with Crippen molar-refractivity contribution in [1.29, 1.82) is 0 Å². The van der Waals surface area contributed by atoms with E-state index < -0.39 is 0 Å². The number of hydrogen-bond donors (Lipinski definition) is 1. The Morgan fingerprint density at radius 2 is 2.44 bits per heavy atom. The molecule has 2 rings (SSSR count). The van der Waals surface area contributed by atoms with Crippen LogP contribution in [-0.4, -0.2) is 30.3 Å². The normalized spacial score (nSPS) is 25.5. The number of ether oxygens (including phenoxy) is 1. The summed E-state index contributed by atoms with van der Waals surface area (Å²) < 4.78 is 5.71. The minimum Gasteiger partial charge on any atom is -0.378 e. The zero-order chi connectivity index (χ0) is 13.0. The van der Waals surface area contributed by atoms with E-state index in [0.29, 0.717) is 18.1 Å². The molecule has 1 saturated heterocycles. The zero-order valence-electron chi connectivity index (χ0n) is 11.6. The Bertz CT molecular complexity index is 366. The van der Waals surface area contributed by atoms with Gasteiger partial charge in [-0.2, -0.15) is 0 Å². The molecule has 0 amide bonds. The maximum absolute atomic E-state index is 5.71. The molecule has 18 heavy (non-hydrogen) atoms. The van der Waals surface area contributed by atoms with Crippen molar-refractivity contribution >= 4 is 11.3 Å². The fourth-order valence-electron chi connectivity index (χ4n) is 2.67. The van der Waals surface area contributed by atoms with Crippen LogP contribution in [0, 0.1) is 12.8 Å². The fraction of sp³-hybridized carbons (Fsp3) is 0.786. The number of nitrogens with one attached hydrogen (secondary N) is 1. The van der Waals surface area contributed by atoms with Gasteiger partial charge < -0.3 is 10.1 Å². The first kappa shape index (κ1) is 14.0. The van der Waals surface area contributed by atoms with Gasteiger partial charge in [-0.15, -0.1) is 11.3 Å². The number of thiazole rings is 1. The van der Waals surface area contributed by atoms with Gasteiger partial charge in [0.25, 0.3) is 0 Å². The van der Waals surface area contributed by atoms with Crippen LogP contribution in [0.4, 0.5) is 0 Å². The molecule has 1 aromatic heterocycles. The second-order valence-electron chi connectivity index (χ2n) is 5.18. The third kappa shape index (κ3) is 3.53. The molecule has 1 aliphatic rings. The van der Waals surface area contributed by atoms with E-state index in [-0.39, 0.29) is 0 Å². The Hall–Kier alpha value is -0.450. The molecule has 0 aromatic carbocycles. The van der Waals surface area contributed by atoms with Crippen LogP contribution in [-0.2, 0) is 11.2 Å². The van der Waals surface area contributed by atoms with Gasteiger partial charge in [-0.3, -0.25) is 0 Å². The maximum atomic E-state index is 5.71. The van der Waals surface area contributed by atoms with E-state index >= 15 is 0 Å². The lowest BCUT2D eigenvalue weighted by molar-refractivity contribution is 0.0954. The molecule has 1 aliphatic heterocycles. The van der Waals surface area contributed by atoms with Crippen molar-refractivity contribution < 1.29 is 4.74 Å². The maximum Gasteiger partial charge on any atom is 0.0943 e.